The molecule has 1 atom stereocenters. The predicted molar refractivity (Wildman–Crippen MR) is 127 cm³/mol. The van der Waals surface area contributed by atoms with Crippen molar-refractivity contribution in [3.05, 3.63) is 59.8 Å². The molecule has 170 valence electrons. The topological polar surface area (TPSA) is 89.7 Å². The SMILES string of the molecule is COC(=O)CSCCC(=O)NCC(c1cccc(OC)c1OC)c1c[nH]c2ccccc12. The highest BCUT2D eigenvalue weighted by atomic mass is 32.2. The Morgan fingerprint density at radius 3 is 2.59 bits per heavy atom. The molecule has 7 nitrogen and oxygen atoms in total. The molecule has 2 N–H and O–H groups in total. The fourth-order valence-corrected chi connectivity index (χ4v) is 4.40. The zero-order chi connectivity index (χ0) is 22.9. The lowest BCUT2D eigenvalue weighted by Crippen LogP contribution is -2.29. The highest BCUT2D eigenvalue weighted by molar-refractivity contribution is 7.99. The van der Waals surface area contributed by atoms with Crippen LogP contribution in [0.15, 0.2) is 48.7 Å². The van der Waals surface area contributed by atoms with E-state index >= 15 is 0 Å². The normalized spacial score (nSPS) is 11.7. The number of H-pyrrole nitrogens is 1. The van der Waals surface area contributed by atoms with Crippen LogP contribution in [-0.2, 0) is 14.3 Å². The third-order valence-corrected chi connectivity index (χ3v) is 6.16. The highest BCUT2D eigenvalue weighted by Gasteiger charge is 2.24. The lowest BCUT2D eigenvalue weighted by molar-refractivity contribution is -0.137. The summed E-state index contributed by atoms with van der Waals surface area (Å²) >= 11 is 1.38. The Labute approximate surface area is 191 Å². The van der Waals surface area contributed by atoms with Crippen molar-refractivity contribution < 1.29 is 23.8 Å². The van der Waals surface area contributed by atoms with Gasteiger partial charge in [-0.2, -0.15) is 0 Å². The molecule has 0 aliphatic heterocycles. The van der Waals surface area contributed by atoms with Crippen molar-refractivity contribution in [2.45, 2.75) is 12.3 Å². The van der Waals surface area contributed by atoms with Gasteiger partial charge in [-0.25, -0.2) is 0 Å². The summed E-state index contributed by atoms with van der Waals surface area (Å²) in [5.41, 5.74) is 3.02. The zero-order valence-electron chi connectivity index (χ0n) is 18.5. The Kier molecular flexibility index (Phi) is 8.44. The monoisotopic (exact) mass is 456 g/mol. The molecule has 0 saturated carbocycles. The van der Waals surface area contributed by atoms with E-state index < -0.39 is 0 Å². The molecule has 0 aliphatic rings. The van der Waals surface area contributed by atoms with Crippen molar-refractivity contribution >= 4 is 34.5 Å². The zero-order valence-corrected chi connectivity index (χ0v) is 19.3. The average molecular weight is 457 g/mol. The van der Waals surface area contributed by atoms with E-state index in [1.165, 1.54) is 18.9 Å². The van der Waals surface area contributed by atoms with E-state index in [0.29, 0.717) is 30.2 Å². The number of hydrogen-bond donors (Lipinski definition) is 2. The number of aromatic nitrogens is 1. The maximum atomic E-state index is 12.5. The van der Waals surface area contributed by atoms with Crippen molar-refractivity contribution in [1.29, 1.82) is 0 Å². The second-order valence-electron chi connectivity index (χ2n) is 7.11. The summed E-state index contributed by atoms with van der Waals surface area (Å²) in [6.07, 6.45) is 2.30. The Bertz CT molecular complexity index is 1070. The summed E-state index contributed by atoms with van der Waals surface area (Å²) in [5, 5.41) is 4.13. The van der Waals surface area contributed by atoms with Crippen molar-refractivity contribution in [3.8, 4) is 11.5 Å². The van der Waals surface area contributed by atoms with Crippen LogP contribution in [-0.4, -0.2) is 56.2 Å². The van der Waals surface area contributed by atoms with E-state index in [9.17, 15) is 9.59 Å². The summed E-state index contributed by atoms with van der Waals surface area (Å²) < 4.78 is 15.8. The molecule has 0 aliphatic carbocycles. The maximum Gasteiger partial charge on any atom is 0.315 e. The van der Waals surface area contributed by atoms with E-state index in [1.54, 1.807) is 14.2 Å². The van der Waals surface area contributed by atoms with Crippen LogP contribution in [0.2, 0.25) is 0 Å². The van der Waals surface area contributed by atoms with Gasteiger partial charge in [0.1, 0.15) is 0 Å². The van der Waals surface area contributed by atoms with Crippen molar-refractivity contribution in [1.82, 2.24) is 10.3 Å². The molecule has 1 heterocycles. The van der Waals surface area contributed by atoms with Crippen LogP contribution in [0.25, 0.3) is 10.9 Å². The van der Waals surface area contributed by atoms with Gasteiger partial charge in [-0.05, 0) is 17.7 Å². The minimum absolute atomic E-state index is 0.0749. The van der Waals surface area contributed by atoms with Crippen LogP contribution < -0.4 is 14.8 Å². The number of para-hydroxylation sites is 2. The molecule has 2 aromatic carbocycles. The molecular weight excluding hydrogens is 428 g/mol. The lowest BCUT2D eigenvalue weighted by Gasteiger charge is -2.22. The maximum absolute atomic E-state index is 12.5. The Morgan fingerprint density at radius 2 is 1.84 bits per heavy atom. The molecule has 0 spiro atoms. The molecule has 0 fully saturated rings. The van der Waals surface area contributed by atoms with Gasteiger partial charge in [0.2, 0.25) is 5.91 Å². The van der Waals surface area contributed by atoms with Crippen molar-refractivity contribution in [3.63, 3.8) is 0 Å². The molecule has 0 radical (unpaired) electrons. The summed E-state index contributed by atoms with van der Waals surface area (Å²) in [4.78, 5) is 27.0. The van der Waals surface area contributed by atoms with E-state index in [4.69, 9.17) is 9.47 Å². The van der Waals surface area contributed by atoms with Crippen LogP contribution in [0, 0.1) is 0 Å². The minimum Gasteiger partial charge on any atom is -0.493 e. The molecule has 1 unspecified atom stereocenters. The van der Waals surface area contributed by atoms with Gasteiger partial charge in [0.05, 0.1) is 27.1 Å². The smallest absolute Gasteiger partial charge is 0.315 e. The fraction of sp³-hybridized carbons (Fsp3) is 0.333. The minimum atomic E-state index is -0.292. The van der Waals surface area contributed by atoms with Crippen LogP contribution in [0.3, 0.4) is 0 Å². The molecule has 3 rings (SSSR count). The molecule has 8 heteroatoms. The van der Waals surface area contributed by atoms with Crippen molar-refractivity contribution in [2.24, 2.45) is 0 Å². The van der Waals surface area contributed by atoms with E-state index in [-0.39, 0.29) is 23.5 Å². The third-order valence-electron chi connectivity index (χ3n) is 5.23. The third kappa shape index (κ3) is 5.56. The number of carbonyl (C=O) groups is 2. The first-order valence-electron chi connectivity index (χ1n) is 10.3. The number of amides is 1. The Hall–Kier alpha value is -3.13. The van der Waals surface area contributed by atoms with Crippen LogP contribution in [0.5, 0.6) is 11.5 Å². The van der Waals surface area contributed by atoms with E-state index in [0.717, 1.165) is 22.0 Å². The molecule has 0 bridgehead atoms. The number of fused-ring (bicyclic) bond motifs is 1. The molecule has 1 aromatic heterocycles. The Morgan fingerprint density at radius 1 is 1.03 bits per heavy atom. The van der Waals surface area contributed by atoms with Gasteiger partial charge in [0.25, 0.3) is 0 Å². The molecule has 0 saturated heterocycles. The first kappa shape index (κ1) is 23.5. The number of hydrogen-bond acceptors (Lipinski definition) is 6. The number of thioether (sulfide) groups is 1. The predicted octanol–water partition coefficient (Wildman–Crippen LogP) is 3.73. The summed E-state index contributed by atoms with van der Waals surface area (Å²) in [7, 11) is 4.58. The standard InChI is InChI=1S/C24H28N2O5S/c1-29-21-10-6-8-17(24(21)31-3)19(18-13-25-20-9-5-4-7-16(18)20)14-26-22(27)11-12-32-15-23(28)30-2/h4-10,13,19,25H,11-12,14-15H2,1-3H3,(H,26,27). The second kappa shape index (κ2) is 11.5. The quantitative estimate of drug-likeness (QED) is 0.338. The number of carbonyl (C=O) groups excluding carboxylic acids is 2. The lowest BCUT2D eigenvalue weighted by atomic mass is 9.89. The van der Waals surface area contributed by atoms with Crippen LogP contribution in [0.4, 0.5) is 0 Å². The first-order valence-corrected chi connectivity index (χ1v) is 11.4. The van der Waals surface area contributed by atoms with Gasteiger partial charge in [0, 0.05) is 47.3 Å². The summed E-state index contributed by atoms with van der Waals surface area (Å²) in [6, 6.07) is 13.8. The molecule has 3 aromatic rings. The van der Waals surface area contributed by atoms with Gasteiger partial charge < -0.3 is 24.5 Å². The largest absolute Gasteiger partial charge is 0.493 e. The highest BCUT2D eigenvalue weighted by Crippen LogP contribution is 2.40. The number of ether oxygens (including phenoxy) is 3. The van der Waals surface area contributed by atoms with Gasteiger partial charge in [-0.1, -0.05) is 30.3 Å². The van der Waals surface area contributed by atoms with Gasteiger partial charge in [0.15, 0.2) is 11.5 Å². The number of rotatable bonds is 11. The van der Waals surface area contributed by atoms with E-state index in [2.05, 4.69) is 21.1 Å². The summed E-state index contributed by atoms with van der Waals surface area (Å²) in [6.45, 7) is 0.395. The number of methoxy groups -OCH3 is 3. The summed E-state index contributed by atoms with van der Waals surface area (Å²) in [5.74, 6) is 1.55. The average Bonchev–Trinajstić information content (AvgIpc) is 3.25. The van der Waals surface area contributed by atoms with Crippen LogP contribution >= 0.6 is 11.8 Å². The molecule has 1 amide bonds. The Balaban J connectivity index is 1.82. The van der Waals surface area contributed by atoms with E-state index in [1.807, 2.05) is 42.6 Å². The number of esters is 1. The van der Waals surface area contributed by atoms with Gasteiger partial charge >= 0.3 is 5.97 Å². The van der Waals surface area contributed by atoms with Gasteiger partial charge in [-0.3, -0.25) is 9.59 Å². The molecule has 32 heavy (non-hydrogen) atoms. The number of nitrogens with one attached hydrogen (secondary N) is 2. The van der Waals surface area contributed by atoms with Crippen LogP contribution in [0.1, 0.15) is 23.5 Å². The van der Waals surface area contributed by atoms with Gasteiger partial charge in [-0.15, -0.1) is 11.8 Å². The number of benzene rings is 2. The first-order chi connectivity index (χ1) is 15.6. The molecular formula is C24H28N2O5S. The van der Waals surface area contributed by atoms with Crippen molar-refractivity contribution in [2.75, 3.05) is 39.4 Å². The fourth-order valence-electron chi connectivity index (χ4n) is 3.64. The number of aromatic amines is 1. The second-order valence-corrected chi connectivity index (χ2v) is 8.21.